The topological polar surface area (TPSA) is 105 Å². The summed E-state index contributed by atoms with van der Waals surface area (Å²) in [5.41, 5.74) is 3.68. The van der Waals surface area contributed by atoms with Gasteiger partial charge in [-0.3, -0.25) is 0 Å². The Morgan fingerprint density at radius 1 is 0.912 bits per heavy atom. The van der Waals surface area contributed by atoms with Gasteiger partial charge in [-0.05, 0) is 35.7 Å². The second-order valence-corrected chi connectivity index (χ2v) is 8.57. The molecule has 0 heterocycles. The molecule has 7 nitrogen and oxygen atoms in total. The average Bonchev–Trinajstić information content (AvgIpc) is 3.18. The first-order valence-electron chi connectivity index (χ1n) is 11.1. The molecular weight excluding hydrogens is 434 g/mol. The van der Waals surface area contributed by atoms with Gasteiger partial charge in [0.25, 0.3) is 0 Å². The van der Waals surface area contributed by atoms with Crippen molar-refractivity contribution in [2.24, 2.45) is 0 Å². The largest absolute Gasteiger partial charge is 0.489 e. The molecule has 0 spiro atoms. The highest BCUT2D eigenvalue weighted by Gasteiger charge is 2.44. The Labute approximate surface area is 198 Å². The van der Waals surface area contributed by atoms with Crippen molar-refractivity contribution in [1.29, 1.82) is 0 Å². The third-order valence-corrected chi connectivity index (χ3v) is 5.92. The molecule has 0 atom stereocenters. The molecule has 3 N–H and O–H groups in total. The monoisotopic (exact) mass is 461 g/mol. The van der Waals surface area contributed by atoms with Crippen LogP contribution in [0.15, 0.2) is 66.7 Å². The zero-order valence-electron chi connectivity index (χ0n) is 18.9. The molecule has 0 bridgehead atoms. The lowest BCUT2D eigenvalue weighted by atomic mass is 9.95. The summed E-state index contributed by atoms with van der Waals surface area (Å²) in [6.07, 6.45) is 1.38. The molecule has 1 aliphatic rings. The minimum absolute atomic E-state index is 0.288. The van der Waals surface area contributed by atoms with Crippen LogP contribution in [0.5, 0.6) is 11.5 Å². The van der Waals surface area contributed by atoms with E-state index >= 15 is 0 Å². The van der Waals surface area contributed by atoms with Gasteiger partial charge in [-0.2, -0.15) is 0 Å². The van der Waals surface area contributed by atoms with Gasteiger partial charge in [-0.1, -0.05) is 54.1 Å². The van der Waals surface area contributed by atoms with E-state index in [0.29, 0.717) is 37.3 Å². The number of hydrogen-bond donors (Lipinski definition) is 3. The zero-order valence-corrected chi connectivity index (χ0v) is 18.9. The first kappa shape index (κ1) is 23.2. The van der Waals surface area contributed by atoms with E-state index in [9.17, 15) is 14.7 Å². The second kappa shape index (κ2) is 9.87. The zero-order chi connectivity index (χ0) is 24.1. The maximum Gasteiger partial charge on any atom is 0.341 e. The highest BCUT2D eigenvalue weighted by molar-refractivity contribution is 5.85. The number of aliphatic carboxylic acids is 2. The predicted molar refractivity (Wildman–Crippen MR) is 128 cm³/mol. The quantitative estimate of drug-likeness (QED) is 0.417. The van der Waals surface area contributed by atoms with Gasteiger partial charge < -0.3 is 25.0 Å². The van der Waals surface area contributed by atoms with Crippen LogP contribution >= 0.6 is 0 Å². The summed E-state index contributed by atoms with van der Waals surface area (Å²) in [7, 11) is 0. The fourth-order valence-corrected chi connectivity index (χ4v) is 4.29. The van der Waals surface area contributed by atoms with Gasteiger partial charge in [0, 0.05) is 31.0 Å². The van der Waals surface area contributed by atoms with Gasteiger partial charge in [0.05, 0.1) is 6.61 Å². The number of carbonyl (C=O) groups is 2. The second-order valence-electron chi connectivity index (χ2n) is 8.57. The Morgan fingerprint density at radius 3 is 2.29 bits per heavy atom. The molecule has 0 fully saturated rings. The minimum atomic E-state index is -1.17. The maximum atomic E-state index is 12.3. The van der Waals surface area contributed by atoms with Crippen molar-refractivity contribution in [2.45, 2.75) is 31.7 Å². The van der Waals surface area contributed by atoms with E-state index in [0.717, 1.165) is 22.3 Å². The molecule has 0 amide bonds. The van der Waals surface area contributed by atoms with Crippen molar-refractivity contribution >= 4 is 17.6 Å². The summed E-state index contributed by atoms with van der Waals surface area (Å²) >= 11 is 0. The van der Waals surface area contributed by atoms with Crippen LogP contribution in [-0.2, 0) is 28.9 Å². The molecule has 0 radical (unpaired) electrons. The molecule has 3 aromatic carbocycles. The summed E-state index contributed by atoms with van der Waals surface area (Å²) in [6.45, 7) is 1.87. The molecule has 34 heavy (non-hydrogen) atoms. The van der Waals surface area contributed by atoms with Crippen LogP contribution in [0.3, 0.4) is 0 Å². The molecule has 0 saturated carbocycles. The van der Waals surface area contributed by atoms with Crippen molar-refractivity contribution in [3.63, 3.8) is 0 Å². The maximum absolute atomic E-state index is 12.3. The Kier molecular flexibility index (Phi) is 6.72. The van der Waals surface area contributed by atoms with Crippen molar-refractivity contribution in [3.8, 4) is 11.5 Å². The van der Waals surface area contributed by atoms with Gasteiger partial charge >= 0.3 is 11.9 Å². The van der Waals surface area contributed by atoms with Crippen LogP contribution in [0, 0.1) is 6.92 Å². The number of benzene rings is 3. The van der Waals surface area contributed by atoms with Crippen LogP contribution in [-0.4, -0.2) is 40.9 Å². The molecule has 0 saturated heterocycles. The van der Waals surface area contributed by atoms with E-state index in [4.69, 9.17) is 14.6 Å². The third kappa shape index (κ3) is 5.31. The highest BCUT2D eigenvalue weighted by Crippen LogP contribution is 2.36. The molecule has 0 aromatic heterocycles. The number of fused-ring (bicyclic) bond motifs is 1. The van der Waals surface area contributed by atoms with E-state index in [1.54, 1.807) is 18.2 Å². The van der Waals surface area contributed by atoms with E-state index in [1.165, 1.54) is 0 Å². The van der Waals surface area contributed by atoms with Gasteiger partial charge in [0.15, 0.2) is 18.1 Å². The number of carboxylic acid groups (broad SMARTS) is 2. The summed E-state index contributed by atoms with van der Waals surface area (Å²) in [5.74, 6) is -1.38. The van der Waals surface area contributed by atoms with Gasteiger partial charge in [-0.15, -0.1) is 0 Å². The number of nitrogens with one attached hydrogen (secondary N) is 1. The number of aryl methyl sites for hydroxylation is 1. The van der Waals surface area contributed by atoms with E-state index in [-0.39, 0.29) is 5.75 Å². The van der Waals surface area contributed by atoms with E-state index in [1.807, 2.05) is 49.4 Å². The van der Waals surface area contributed by atoms with Crippen LogP contribution in [0.1, 0.15) is 22.3 Å². The van der Waals surface area contributed by atoms with Crippen LogP contribution < -0.4 is 14.8 Å². The molecule has 7 heteroatoms. The van der Waals surface area contributed by atoms with Crippen LogP contribution in [0.4, 0.5) is 5.69 Å². The molecule has 176 valence electrons. The Balaban J connectivity index is 1.54. The van der Waals surface area contributed by atoms with Gasteiger partial charge in [0.2, 0.25) is 0 Å². The number of anilines is 1. The lowest BCUT2D eigenvalue weighted by Crippen LogP contribution is -2.47. The number of rotatable bonds is 10. The van der Waals surface area contributed by atoms with Gasteiger partial charge in [-0.25, -0.2) is 9.59 Å². The van der Waals surface area contributed by atoms with Crippen molar-refractivity contribution in [3.05, 3.63) is 89.0 Å². The number of hydrogen-bond acceptors (Lipinski definition) is 5. The Bertz CT molecular complexity index is 1180. The minimum Gasteiger partial charge on any atom is -0.489 e. The first-order valence-corrected chi connectivity index (χ1v) is 11.1. The normalized spacial score (nSPS) is 13.7. The van der Waals surface area contributed by atoms with E-state index in [2.05, 4.69) is 11.4 Å². The summed E-state index contributed by atoms with van der Waals surface area (Å²) in [4.78, 5) is 23.3. The number of ether oxygens (including phenoxy) is 2. The van der Waals surface area contributed by atoms with Gasteiger partial charge in [0.1, 0.15) is 5.54 Å². The smallest absolute Gasteiger partial charge is 0.341 e. The molecule has 0 unspecified atom stereocenters. The fourth-order valence-electron chi connectivity index (χ4n) is 4.29. The van der Waals surface area contributed by atoms with Crippen molar-refractivity contribution in [1.82, 2.24) is 0 Å². The fraction of sp³-hybridized carbons (Fsp3) is 0.259. The lowest BCUT2D eigenvalue weighted by molar-refractivity contribution is -0.142. The lowest BCUT2D eigenvalue weighted by Gasteiger charge is -2.27. The van der Waals surface area contributed by atoms with Crippen molar-refractivity contribution < 1.29 is 29.3 Å². The molecule has 4 rings (SSSR count). The average molecular weight is 462 g/mol. The van der Waals surface area contributed by atoms with Crippen molar-refractivity contribution in [2.75, 3.05) is 18.5 Å². The Hall–Kier alpha value is -4.00. The summed E-state index contributed by atoms with van der Waals surface area (Å²) in [6, 6.07) is 20.8. The summed E-state index contributed by atoms with van der Waals surface area (Å²) in [5, 5.41) is 22.3. The third-order valence-electron chi connectivity index (χ3n) is 5.92. The summed E-state index contributed by atoms with van der Waals surface area (Å²) < 4.78 is 11.4. The molecule has 0 aliphatic heterocycles. The van der Waals surface area contributed by atoms with Crippen LogP contribution in [0.2, 0.25) is 0 Å². The van der Waals surface area contributed by atoms with Crippen LogP contribution in [0.25, 0.3) is 0 Å². The standard InChI is InChI=1S/C27H27NO6/c1-18-5-4-6-19(13-18)11-12-33-24-14-22(9-10-23(24)34-17-25(29)30)28-27(26(31)32)15-20-7-2-3-8-21(20)16-27/h2-10,13-14,28H,11-12,15-17H2,1H3,(H,29,30)(H,31,32). The molecular formula is C27H27NO6. The number of carboxylic acids is 2. The molecule has 1 aliphatic carbocycles. The first-order chi connectivity index (χ1) is 16.3. The Morgan fingerprint density at radius 2 is 1.65 bits per heavy atom. The molecule has 3 aromatic rings. The van der Waals surface area contributed by atoms with E-state index < -0.39 is 24.1 Å². The highest BCUT2D eigenvalue weighted by atomic mass is 16.5. The predicted octanol–water partition coefficient (Wildman–Crippen LogP) is 4.11. The SMILES string of the molecule is Cc1cccc(CCOc2cc(NC3(C(=O)O)Cc4ccccc4C3)ccc2OCC(=O)O)c1.